The highest BCUT2D eigenvalue weighted by molar-refractivity contribution is 5.81. The first-order valence-corrected chi connectivity index (χ1v) is 8.99. The first kappa shape index (κ1) is 15.2. The summed E-state index contributed by atoms with van der Waals surface area (Å²) in [6, 6.07) is 6.35. The molecule has 1 saturated heterocycles. The van der Waals surface area contributed by atoms with Crippen molar-refractivity contribution in [3.05, 3.63) is 34.9 Å². The number of fused-ring (bicyclic) bond motifs is 1. The van der Waals surface area contributed by atoms with E-state index in [1.165, 1.54) is 29.5 Å². The first-order valence-electron chi connectivity index (χ1n) is 8.99. The summed E-state index contributed by atoms with van der Waals surface area (Å²) < 4.78 is 5.51. The van der Waals surface area contributed by atoms with Crippen LogP contribution < -0.4 is 10.6 Å². The summed E-state index contributed by atoms with van der Waals surface area (Å²) in [6.45, 7) is 4.40. The van der Waals surface area contributed by atoms with Crippen molar-refractivity contribution in [1.29, 1.82) is 0 Å². The quantitative estimate of drug-likeness (QED) is 0.894. The first-order chi connectivity index (χ1) is 11.3. The average Bonchev–Trinajstić information content (AvgIpc) is 3.41. The maximum Gasteiger partial charge on any atom is 0.223 e. The van der Waals surface area contributed by atoms with Crippen molar-refractivity contribution in [2.75, 3.05) is 19.7 Å². The van der Waals surface area contributed by atoms with Crippen molar-refractivity contribution in [3.63, 3.8) is 0 Å². The smallest absolute Gasteiger partial charge is 0.223 e. The van der Waals surface area contributed by atoms with Gasteiger partial charge in [-0.25, -0.2) is 0 Å². The van der Waals surface area contributed by atoms with Gasteiger partial charge in [0.15, 0.2) is 0 Å². The minimum absolute atomic E-state index is 0.262. The topological polar surface area (TPSA) is 50.4 Å². The second-order valence-corrected chi connectivity index (χ2v) is 7.17. The number of rotatable bonds is 4. The molecular formula is C19H26N2O2. The number of hydrogen-bond acceptors (Lipinski definition) is 3. The maximum absolute atomic E-state index is 12.4. The number of ether oxygens (including phenoxy) is 1. The number of carbonyl (C=O) groups excluding carboxylic acids is 1. The fraction of sp³-hybridized carbons (Fsp3) is 0.632. The monoisotopic (exact) mass is 314 g/mol. The molecule has 4 nitrogen and oxygen atoms in total. The van der Waals surface area contributed by atoms with Crippen molar-refractivity contribution < 1.29 is 9.53 Å². The van der Waals surface area contributed by atoms with E-state index >= 15 is 0 Å². The number of carbonyl (C=O) groups is 1. The summed E-state index contributed by atoms with van der Waals surface area (Å²) in [5.41, 5.74) is 3.92. The van der Waals surface area contributed by atoms with Crippen LogP contribution in [-0.4, -0.2) is 25.6 Å². The summed E-state index contributed by atoms with van der Waals surface area (Å²) in [5, 5.41) is 6.59. The zero-order valence-electron chi connectivity index (χ0n) is 13.6. The van der Waals surface area contributed by atoms with Crippen LogP contribution in [0.25, 0.3) is 0 Å². The third kappa shape index (κ3) is 3.29. The van der Waals surface area contributed by atoms with Crippen LogP contribution in [0.5, 0.6) is 0 Å². The molecule has 0 spiro atoms. The molecule has 0 unspecified atom stereocenters. The van der Waals surface area contributed by atoms with Crippen LogP contribution in [-0.2, 0) is 29.1 Å². The van der Waals surface area contributed by atoms with E-state index in [-0.39, 0.29) is 11.8 Å². The fourth-order valence-corrected chi connectivity index (χ4v) is 4.29. The van der Waals surface area contributed by atoms with Crippen molar-refractivity contribution in [3.8, 4) is 0 Å². The lowest BCUT2D eigenvalue weighted by molar-refractivity contribution is -0.123. The molecule has 2 N–H and O–H groups in total. The van der Waals surface area contributed by atoms with E-state index in [1.54, 1.807) is 0 Å². The van der Waals surface area contributed by atoms with Gasteiger partial charge in [-0.1, -0.05) is 18.2 Å². The highest BCUT2D eigenvalue weighted by Crippen LogP contribution is 2.47. The van der Waals surface area contributed by atoms with Crippen molar-refractivity contribution in [2.45, 2.75) is 38.8 Å². The molecule has 1 aromatic rings. The van der Waals surface area contributed by atoms with Gasteiger partial charge in [-0.15, -0.1) is 0 Å². The SMILES string of the molecule is O=C(NCc1cccc2c1CCOC2)[C@@H]1C[C@H]1C1CCNCC1. The molecule has 2 heterocycles. The Balaban J connectivity index is 1.32. The summed E-state index contributed by atoms with van der Waals surface area (Å²) in [4.78, 5) is 12.4. The third-order valence-electron chi connectivity index (χ3n) is 5.74. The van der Waals surface area contributed by atoms with E-state index in [4.69, 9.17) is 4.74 Å². The second-order valence-electron chi connectivity index (χ2n) is 7.17. The zero-order chi connectivity index (χ0) is 15.6. The molecule has 4 rings (SSSR count). The summed E-state index contributed by atoms with van der Waals surface area (Å²) in [6.07, 6.45) is 4.53. The molecule has 1 aliphatic carbocycles. The van der Waals surface area contributed by atoms with Crippen LogP contribution in [0.1, 0.15) is 36.0 Å². The van der Waals surface area contributed by atoms with Gasteiger partial charge in [0.05, 0.1) is 13.2 Å². The molecule has 4 heteroatoms. The van der Waals surface area contributed by atoms with E-state index in [9.17, 15) is 4.79 Å². The molecule has 2 aliphatic heterocycles. The molecule has 0 bridgehead atoms. The summed E-state index contributed by atoms with van der Waals surface area (Å²) in [5.74, 6) is 1.92. The molecule has 2 fully saturated rings. The van der Waals surface area contributed by atoms with E-state index in [0.717, 1.165) is 38.5 Å². The molecule has 1 amide bonds. The number of hydrogen-bond donors (Lipinski definition) is 2. The van der Waals surface area contributed by atoms with E-state index in [1.807, 2.05) is 0 Å². The Hall–Kier alpha value is -1.39. The van der Waals surface area contributed by atoms with Crippen molar-refractivity contribution >= 4 is 5.91 Å². The Morgan fingerprint density at radius 2 is 2.17 bits per heavy atom. The van der Waals surface area contributed by atoms with Crippen molar-refractivity contribution in [1.82, 2.24) is 10.6 Å². The van der Waals surface area contributed by atoms with E-state index in [0.29, 0.717) is 19.1 Å². The van der Waals surface area contributed by atoms with Crippen LogP contribution in [0.3, 0.4) is 0 Å². The van der Waals surface area contributed by atoms with Crippen LogP contribution in [0.15, 0.2) is 18.2 Å². The minimum Gasteiger partial charge on any atom is -0.376 e. The lowest BCUT2D eigenvalue weighted by Gasteiger charge is -2.22. The van der Waals surface area contributed by atoms with Gasteiger partial charge in [0.25, 0.3) is 0 Å². The van der Waals surface area contributed by atoms with Crippen LogP contribution in [0.4, 0.5) is 0 Å². The van der Waals surface area contributed by atoms with Gasteiger partial charge in [0, 0.05) is 12.5 Å². The van der Waals surface area contributed by atoms with Gasteiger partial charge in [0.1, 0.15) is 0 Å². The molecule has 1 aromatic carbocycles. The van der Waals surface area contributed by atoms with Gasteiger partial charge < -0.3 is 15.4 Å². The Morgan fingerprint density at radius 3 is 3.04 bits per heavy atom. The van der Waals surface area contributed by atoms with Gasteiger partial charge in [-0.2, -0.15) is 0 Å². The summed E-state index contributed by atoms with van der Waals surface area (Å²) in [7, 11) is 0. The van der Waals surface area contributed by atoms with Crippen LogP contribution >= 0.6 is 0 Å². The number of benzene rings is 1. The lowest BCUT2D eigenvalue weighted by atomic mass is 9.92. The Kier molecular flexibility index (Phi) is 4.36. The molecule has 1 saturated carbocycles. The molecule has 23 heavy (non-hydrogen) atoms. The normalized spacial score (nSPS) is 27.3. The Labute approximate surface area is 138 Å². The Morgan fingerprint density at radius 1 is 1.30 bits per heavy atom. The maximum atomic E-state index is 12.4. The zero-order valence-corrected chi connectivity index (χ0v) is 13.6. The van der Waals surface area contributed by atoms with Gasteiger partial charge >= 0.3 is 0 Å². The molecule has 2 atom stereocenters. The minimum atomic E-state index is 0.262. The highest BCUT2D eigenvalue weighted by atomic mass is 16.5. The largest absolute Gasteiger partial charge is 0.376 e. The Bertz CT molecular complexity index is 581. The number of piperidine rings is 1. The molecule has 0 aromatic heterocycles. The lowest BCUT2D eigenvalue weighted by Crippen LogP contribution is -2.31. The summed E-state index contributed by atoms with van der Waals surface area (Å²) >= 11 is 0. The van der Waals surface area contributed by atoms with E-state index < -0.39 is 0 Å². The number of amides is 1. The predicted octanol–water partition coefficient (Wildman–Crippen LogP) is 2.01. The van der Waals surface area contributed by atoms with E-state index in [2.05, 4.69) is 28.8 Å². The number of nitrogens with one attached hydrogen (secondary N) is 2. The van der Waals surface area contributed by atoms with Gasteiger partial charge in [-0.05, 0) is 67.3 Å². The van der Waals surface area contributed by atoms with Crippen LogP contribution in [0.2, 0.25) is 0 Å². The molecule has 124 valence electrons. The van der Waals surface area contributed by atoms with Crippen LogP contribution in [0, 0.1) is 17.8 Å². The fourth-order valence-electron chi connectivity index (χ4n) is 4.29. The average molecular weight is 314 g/mol. The molecular weight excluding hydrogens is 288 g/mol. The van der Waals surface area contributed by atoms with Gasteiger partial charge in [0.2, 0.25) is 5.91 Å². The van der Waals surface area contributed by atoms with Crippen molar-refractivity contribution in [2.24, 2.45) is 17.8 Å². The highest BCUT2D eigenvalue weighted by Gasteiger charge is 2.47. The standard InChI is InChI=1S/C19H26N2O2/c22-19(18-10-17(18)13-4-7-20-8-5-13)21-11-14-2-1-3-15-12-23-9-6-16(14)15/h1-3,13,17-18,20H,4-12H2,(H,21,22)/t17-,18+/m0/s1. The molecule has 3 aliphatic rings. The third-order valence-corrected chi connectivity index (χ3v) is 5.74. The predicted molar refractivity (Wildman–Crippen MR) is 88.8 cm³/mol. The van der Waals surface area contributed by atoms with Gasteiger partial charge in [-0.3, -0.25) is 4.79 Å². The second kappa shape index (κ2) is 6.62. The molecule has 0 radical (unpaired) electrons.